The van der Waals surface area contributed by atoms with Gasteiger partial charge in [-0.2, -0.15) is 0 Å². The molecule has 1 unspecified atom stereocenters. The molecule has 1 aliphatic carbocycles. The lowest BCUT2D eigenvalue weighted by Crippen LogP contribution is -2.41. The van der Waals surface area contributed by atoms with Crippen molar-refractivity contribution >= 4 is 0 Å². The first-order chi connectivity index (χ1) is 11.9. The zero-order valence-corrected chi connectivity index (χ0v) is 15.2. The van der Waals surface area contributed by atoms with E-state index in [2.05, 4.69) is 18.7 Å². The Labute approximate surface area is 149 Å². The molecule has 0 radical (unpaired) electrons. The normalized spacial score (nSPS) is 40.2. The molecule has 1 saturated carbocycles. The monoisotopic (exact) mass is 344 g/mol. The molecule has 2 heterocycles. The molecule has 1 N–H and O–H groups in total. The van der Waals surface area contributed by atoms with Crippen LogP contribution in [0.1, 0.15) is 51.5 Å². The van der Waals surface area contributed by atoms with E-state index >= 15 is 0 Å². The van der Waals surface area contributed by atoms with Gasteiger partial charge in [0.15, 0.2) is 6.29 Å². The topological polar surface area (TPSA) is 51.2 Å². The van der Waals surface area contributed by atoms with Crippen LogP contribution in [-0.2, 0) is 15.1 Å². The summed E-state index contributed by atoms with van der Waals surface area (Å²) in [7, 11) is 0. The molecule has 0 spiro atoms. The molecule has 1 aromatic rings. The number of aliphatic hydroxyl groups is 1. The Bertz CT molecular complexity index is 648. The number of ether oxygens (including phenoxy) is 3. The van der Waals surface area contributed by atoms with Crippen LogP contribution < -0.4 is 4.74 Å². The van der Waals surface area contributed by atoms with E-state index in [9.17, 15) is 5.11 Å². The van der Waals surface area contributed by atoms with E-state index in [4.69, 9.17) is 14.2 Å². The van der Waals surface area contributed by atoms with Crippen LogP contribution in [-0.4, -0.2) is 29.7 Å². The van der Waals surface area contributed by atoms with Gasteiger partial charge in [0.25, 0.3) is 0 Å². The smallest absolute Gasteiger partial charge is 0.199 e. The number of fused-ring (bicyclic) bond motifs is 1. The van der Waals surface area contributed by atoms with E-state index in [0.29, 0.717) is 0 Å². The first-order valence-corrected chi connectivity index (χ1v) is 9.37. The summed E-state index contributed by atoms with van der Waals surface area (Å²) < 4.78 is 17.7. The molecule has 4 nitrogen and oxygen atoms in total. The van der Waals surface area contributed by atoms with Gasteiger partial charge >= 0.3 is 0 Å². The molecular weight excluding hydrogens is 316 g/mol. The van der Waals surface area contributed by atoms with Gasteiger partial charge in [-0.25, -0.2) is 0 Å². The van der Waals surface area contributed by atoms with Gasteiger partial charge in [-0.1, -0.05) is 24.3 Å². The summed E-state index contributed by atoms with van der Waals surface area (Å²) in [5.41, 5.74) is 1.32. The van der Waals surface area contributed by atoms with Gasteiger partial charge in [0.05, 0.1) is 12.7 Å². The molecule has 1 aromatic carbocycles. The molecule has 4 heteroatoms. The molecule has 5 atom stereocenters. The van der Waals surface area contributed by atoms with Gasteiger partial charge in [0.1, 0.15) is 17.0 Å². The number of hydrogen-bond donors (Lipinski definition) is 1. The Morgan fingerprint density at radius 3 is 2.68 bits per heavy atom. The van der Waals surface area contributed by atoms with Crippen molar-refractivity contribution in [2.24, 2.45) is 5.92 Å². The Kier molecular flexibility index (Phi) is 4.18. The summed E-state index contributed by atoms with van der Waals surface area (Å²) in [6, 6.07) is 8.11. The van der Waals surface area contributed by atoms with Gasteiger partial charge in [0.2, 0.25) is 0 Å². The van der Waals surface area contributed by atoms with E-state index < -0.39 is 17.3 Å². The van der Waals surface area contributed by atoms with Crippen LogP contribution in [0.25, 0.3) is 0 Å². The summed E-state index contributed by atoms with van der Waals surface area (Å²) in [6.07, 6.45) is 4.22. The first kappa shape index (κ1) is 17.1. The quantitative estimate of drug-likeness (QED) is 0.664. The summed E-state index contributed by atoms with van der Waals surface area (Å²) >= 11 is 0. The highest BCUT2D eigenvalue weighted by Gasteiger charge is 2.73. The minimum atomic E-state index is -0.492. The number of epoxide rings is 1. The van der Waals surface area contributed by atoms with Crippen molar-refractivity contribution in [1.29, 1.82) is 0 Å². The highest BCUT2D eigenvalue weighted by molar-refractivity contribution is 5.40. The predicted octanol–water partition coefficient (Wildman–Crippen LogP) is 3.92. The van der Waals surface area contributed by atoms with Gasteiger partial charge in [0, 0.05) is 6.42 Å². The van der Waals surface area contributed by atoms with Crippen LogP contribution in [0.4, 0.5) is 0 Å². The third-order valence-corrected chi connectivity index (χ3v) is 6.25. The fourth-order valence-corrected chi connectivity index (χ4v) is 4.44. The van der Waals surface area contributed by atoms with E-state index in [1.807, 2.05) is 26.0 Å². The summed E-state index contributed by atoms with van der Waals surface area (Å²) in [5.74, 6) is 1.11. The standard InChI is InChI=1S/C21H28O4/c1-14(2)15-12-18(22)20(3)21(13-15,25-20)16-7-9-17(10-8-16)24-19-6-4-5-11-23-19/h7-10,15,18-19,22H,1,4-6,11-13H2,2-3H3/t15-,18+,19?,20-,21-/m0/s1. The number of benzene rings is 1. The molecule has 136 valence electrons. The van der Waals surface area contributed by atoms with Crippen molar-refractivity contribution in [1.82, 2.24) is 0 Å². The third-order valence-electron chi connectivity index (χ3n) is 6.25. The summed E-state index contributed by atoms with van der Waals surface area (Å²) in [5, 5.41) is 10.6. The van der Waals surface area contributed by atoms with Gasteiger partial charge < -0.3 is 19.3 Å². The summed E-state index contributed by atoms with van der Waals surface area (Å²) in [6.45, 7) is 8.93. The van der Waals surface area contributed by atoms with E-state index in [-0.39, 0.29) is 12.2 Å². The van der Waals surface area contributed by atoms with Gasteiger partial charge in [-0.05, 0) is 63.1 Å². The maximum Gasteiger partial charge on any atom is 0.199 e. The molecule has 2 saturated heterocycles. The maximum atomic E-state index is 10.6. The molecule has 25 heavy (non-hydrogen) atoms. The van der Waals surface area contributed by atoms with Crippen molar-refractivity contribution in [3.63, 3.8) is 0 Å². The Morgan fingerprint density at radius 1 is 1.28 bits per heavy atom. The molecule has 0 amide bonds. The van der Waals surface area contributed by atoms with Gasteiger partial charge in [-0.15, -0.1) is 0 Å². The zero-order chi connectivity index (χ0) is 17.7. The zero-order valence-electron chi connectivity index (χ0n) is 15.2. The minimum absolute atomic E-state index is 0.135. The Morgan fingerprint density at radius 2 is 2.04 bits per heavy atom. The van der Waals surface area contributed by atoms with Crippen molar-refractivity contribution in [2.75, 3.05) is 6.61 Å². The fraction of sp³-hybridized carbons (Fsp3) is 0.619. The molecule has 0 aromatic heterocycles. The van der Waals surface area contributed by atoms with Crippen molar-refractivity contribution in [3.05, 3.63) is 42.0 Å². The van der Waals surface area contributed by atoms with Crippen molar-refractivity contribution in [2.45, 2.75) is 69.5 Å². The second-order valence-corrected chi connectivity index (χ2v) is 7.97. The number of allylic oxidation sites excluding steroid dienone is 1. The average Bonchev–Trinajstić information content (AvgIpc) is 3.24. The van der Waals surface area contributed by atoms with Crippen molar-refractivity contribution in [3.8, 4) is 5.75 Å². The number of rotatable bonds is 4. The third kappa shape index (κ3) is 2.80. The average molecular weight is 344 g/mol. The number of hydrogen-bond acceptors (Lipinski definition) is 4. The van der Waals surface area contributed by atoms with Crippen LogP contribution in [0.2, 0.25) is 0 Å². The summed E-state index contributed by atoms with van der Waals surface area (Å²) in [4.78, 5) is 0. The van der Waals surface area contributed by atoms with Crippen LogP contribution in [0.3, 0.4) is 0 Å². The Balaban J connectivity index is 1.52. The van der Waals surface area contributed by atoms with Crippen LogP contribution in [0.15, 0.2) is 36.4 Å². The second-order valence-electron chi connectivity index (χ2n) is 7.97. The molecule has 4 rings (SSSR count). The van der Waals surface area contributed by atoms with Crippen LogP contribution in [0.5, 0.6) is 5.75 Å². The molecule has 2 aliphatic heterocycles. The first-order valence-electron chi connectivity index (χ1n) is 9.37. The second kappa shape index (κ2) is 6.11. The van der Waals surface area contributed by atoms with Crippen LogP contribution in [0, 0.1) is 5.92 Å². The van der Waals surface area contributed by atoms with Gasteiger partial charge in [-0.3, -0.25) is 0 Å². The van der Waals surface area contributed by atoms with E-state index in [0.717, 1.165) is 55.6 Å². The lowest BCUT2D eigenvalue weighted by molar-refractivity contribution is -0.105. The van der Waals surface area contributed by atoms with E-state index in [1.54, 1.807) is 0 Å². The maximum absolute atomic E-state index is 10.6. The highest BCUT2D eigenvalue weighted by Crippen LogP contribution is 2.65. The highest BCUT2D eigenvalue weighted by atomic mass is 16.7. The Hall–Kier alpha value is -1.36. The molecule has 3 fully saturated rings. The molecule has 0 bridgehead atoms. The molecule has 3 aliphatic rings. The lowest BCUT2D eigenvalue weighted by Gasteiger charge is -2.33. The largest absolute Gasteiger partial charge is 0.465 e. The fourth-order valence-electron chi connectivity index (χ4n) is 4.44. The SMILES string of the molecule is C=C(C)[C@H]1C[C@@H](O)[C@]2(C)O[C@]2(c2ccc(OC3CCCCO3)cc2)C1. The minimum Gasteiger partial charge on any atom is -0.465 e. The number of aliphatic hydroxyl groups excluding tert-OH is 1. The van der Waals surface area contributed by atoms with Crippen molar-refractivity contribution < 1.29 is 19.3 Å². The predicted molar refractivity (Wildman–Crippen MR) is 95.4 cm³/mol. The van der Waals surface area contributed by atoms with E-state index in [1.165, 1.54) is 0 Å². The lowest BCUT2D eigenvalue weighted by atomic mass is 9.69. The molecular formula is C21H28O4. The van der Waals surface area contributed by atoms with Crippen LogP contribution >= 0.6 is 0 Å².